The number of nitrogens with zero attached hydrogens (tertiary/aromatic N) is 1. The van der Waals surface area contributed by atoms with E-state index < -0.39 is 41.5 Å². The van der Waals surface area contributed by atoms with Crippen LogP contribution in [0.5, 0.6) is 0 Å². The van der Waals surface area contributed by atoms with Crippen LogP contribution in [0, 0.1) is 17.5 Å². The van der Waals surface area contributed by atoms with Gasteiger partial charge in [-0.05, 0) is 23.8 Å². The summed E-state index contributed by atoms with van der Waals surface area (Å²) in [5.41, 5.74) is 0.122. The third-order valence-electron chi connectivity index (χ3n) is 3.41. The highest BCUT2D eigenvalue weighted by Crippen LogP contribution is 2.20. The van der Waals surface area contributed by atoms with Gasteiger partial charge >= 0.3 is 0 Å². The van der Waals surface area contributed by atoms with Gasteiger partial charge in [-0.1, -0.05) is 29.8 Å². The van der Waals surface area contributed by atoms with E-state index in [4.69, 9.17) is 11.6 Å². The molecule has 0 aliphatic heterocycles. The largest absolute Gasteiger partial charge is 0.329 e. The second-order valence-electron chi connectivity index (χ2n) is 5.24. The van der Waals surface area contributed by atoms with Crippen molar-refractivity contribution in [2.24, 2.45) is 0 Å². The maximum atomic E-state index is 13.6. The van der Waals surface area contributed by atoms with E-state index in [1.165, 1.54) is 11.8 Å². The molecular formula is C17H14ClF3N2O2. The van der Waals surface area contributed by atoms with E-state index in [9.17, 15) is 22.8 Å². The Balaban J connectivity index is 2.10. The molecule has 0 radical (unpaired) electrons. The first kappa shape index (κ1) is 18.8. The van der Waals surface area contributed by atoms with Crippen molar-refractivity contribution in [1.82, 2.24) is 4.90 Å². The summed E-state index contributed by atoms with van der Waals surface area (Å²) in [6.07, 6.45) is 0. The van der Waals surface area contributed by atoms with Crippen molar-refractivity contribution in [3.63, 3.8) is 0 Å². The molecule has 1 N–H and O–H groups in total. The van der Waals surface area contributed by atoms with Crippen molar-refractivity contribution in [2.75, 3.05) is 11.9 Å². The summed E-state index contributed by atoms with van der Waals surface area (Å²) >= 11 is 6.03. The van der Waals surface area contributed by atoms with Crippen molar-refractivity contribution in [2.45, 2.75) is 13.5 Å². The van der Waals surface area contributed by atoms with Crippen LogP contribution in [0.4, 0.5) is 18.9 Å². The number of halogens is 4. The molecule has 132 valence electrons. The fraction of sp³-hybridized carbons (Fsp3) is 0.176. The van der Waals surface area contributed by atoms with Crippen molar-refractivity contribution < 1.29 is 22.8 Å². The number of benzene rings is 2. The van der Waals surface area contributed by atoms with Gasteiger partial charge in [0.25, 0.3) is 0 Å². The summed E-state index contributed by atoms with van der Waals surface area (Å²) in [7, 11) is 0. The highest BCUT2D eigenvalue weighted by molar-refractivity contribution is 6.31. The Hall–Kier alpha value is -2.54. The van der Waals surface area contributed by atoms with Crippen LogP contribution in [0.2, 0.25) is 5.02 Å². The maximum Gasteiger partial charge on any atom is 0.244 e. The van der Waals surface area contributed by atoms with Crippen LogP contribution in [-0.4, -0.2) is 23.3 Å². The van der Waals surface area contributed by atoms with E-state index in [1.807, 2.05) is 0 Å². The van der Waals surface area contributed by atoms with E-state index >= 15 is 0 Å². The first-order valence-electron chi connectivity index (χ1n) is 7.22. The van der Waals surface area contributed by atoms with Gasteiger partial charge < -0.3 is 10.2 Å². The van der Waals surface area contributed by atoms with Crippen LogP contribution in [-0.2, 0) is 16.1 Å². The molecule has 0 unspecified atom stereocenters. The number of hydrogen-bond donors (Lipinski definition) is 1. The molecule has 2 aromatic carbocycles. The van der Waals surface area contributed by atoms with Gasteiger partial charge in [-0.3, -0.25) is 9.59 Å². The van der Waals surface area contributed by atoms with Gasteiger partial charge in [0.2, 0.25) is 11.8 Å². The van der Waals surface area contributed by atoms with Gasteiger partial charge in [0.1, 0.15) is 6.54 Å². The van der Waals surface area contributed by atoms with E-state index in [-0.39, 0.29) is 6.54 Å². The summed E-state index contributed by atoms with van der Waals surface area (Å²) in [5.74, 6) is -5.71. The molecule has 0 saturated heterocycles. The predicted molar refractivity (Wildman–Crippen MR) is 87.5 cm³/mol. The zero-order valence-electron chi connectivity index (χ0n) is 13.2. The molecule has 0 atom stereocenters. The van der Waals surface area contributed by atoms with Crippen molar-refractivity contribution in [3.8, 4) is 0 Å². The van der Waals surface area contributed by atoms with Gasteiger partial charge in [0.15, 0.2) is 17.5 Å². The number of nitrogens with one attached hydrogen (secondary N) is 1. The number of hydrogen-bond acceptors (Lipinski definition) is 2. The van der Waals surface area contributed by atoms with E-state index in [0.717, 1.165) is 6.07 Å². The summed E-state index contributed by atoms with van der Waals surface area (Å²) in [6, 6.07) is 8.40. The fourth-order valence-electron chi connectivity index (χ4n) is 2.10. The predicted octanol–water partition coefficient (Wildman–Crippen LogP) is 3.74. The van der Waals surface area contributed by atoms with Gasteiger partial charge in [0, 0.05) is 18.5 Å². The Morgan fingerprint density at radius 1 is 1.08 bits per heavy atom. The number of carbonyl (C=O) groups is 2. The molecule has 2 aromatic rings. The molecule has 2 amide bonds. The summed E-state index contributed by atoms with van der Waals surface area (Å²) in [5, 5.41) is 2.55. The third-order valence-corrected chi connectivity index (χ3v) is 3.78. The average molecular weight is 371 g/mol. The summed E-state index contributed by atoms with van der Waals surface area (Å²) in [4.78, 5) is 25.0. The molecule has 0 heterocycles. The van der Waals surface area contributed by atoms with Crippen molar-refractivity contribution >= 4 is 29.1 Å². The molecule has 0 aliphatic carbocycles. The van der Waals surface area contributed by atoms with Gasteiger partial charge in [-0.2, -0.15) is 0 Å². The first-order valence-corrected chi connectivity index (χ1v) is 7.59. The standard InChI is InChI=1S/C17H14ClF3N2O2/c1-10(24)23(8-11-4-2-3-5-12(11)18)9-15(25)22-14-7-6-13(19)16(20)17(14)21/h2-7H,8-9H2,1H3,(H,22,25). The lowest BCUT2D eigenvalue weighted by Gasteiger charge is -2.21. The summed E-state index contributed by atoms with van der Waals surface area (Å²) in [6.45, 7) is 0.934. The monoisotopic (exact) mass is 370 g/mol. The lowest BCUT2D eigenvalue weighted by atomic mass is 10.2. The Bertz CT molecular complexity index is 814. The zero-order chi connectivity index (χ0) is 18.6. The quantitative estimate of drug-likeness (QED) is 0.815. The normalized spacial score (nSPS) is 10.4. The molecule has 0 aromatic heterocycles. The Kier molecular flexibility index (Phi) is 6.03. The Morgan fingerprint density at radius 3 is 2.40 bits per heavy atom. The third kappa shape index (κ3) is 4.73. The van der Waals surface area contributed by atoms with Crippen molar-refractivity contribution in [1.29, 1.82) is 0 Å². The number of rotatable bonds is 5. The van der Waals surface area contributed by atoms with Gasteiger partial charge in [-0.15, -0.1) is 0 Å². The first-order chi connectivity index (χ1) is 11.8. The minimum absolute atomic E-state index is 0.0721. The molecule has 0 aliphatic rings. The van der Waals surface area contributed by atoms with Crippen LogP contribution in [0.3, 0.4) is 0 Å². The molecule has 0 bridgehead atoms. The minimum atomic E-state index is -1.68. The molecule has 0 saturated carbocycles. The highest BCUT2D eigenvalue weighted by atomic mass is 35.5. The Labute approximate surface area is 147 Å². The zero-order valence-corrected chi connectivity index (χ0v) is 13.9. The van der Waals surface area contributed by atoms with Crippen LogP contribution in [0.1, 0.15) is 12.5 Å². The summed E-state index contributed by atoms with van der Waals surface area (Å²) < 4.78 is 39.7. The number of carbonyl (C=O) groups excluding carboxylic acids is 2. The van der Waals surface area contributed by atoms with E-state index in [0.29, 0.717) is 16.7 Å². The molecule has 8 heteroatoms. The van der Waals surface area contributed by atoms with E-state index in [2.05, 4.69) is 5.32 Å². The molecule has 25 heavy (non-hydrogen) atoms. The SMILES string of the molecule is CC(=O)N(CC(=O)Nc1ccc(F)c(F)c1F)Cc1ccccc1Cl. The van der Waals surface area contributed by atoms with Crippen LogP contribution >= 0.6 is 11.6 Å². The second-order valence-corrected chi connectivity index (χ2v) is 5.64. The fourth-order valence-corrected chi connectivity index (χ4v) is 2.29. The molecule has 4 nitrogen and oxygen atoms in total. The number of anilines is 1. The average Bonchev–Trinajstić information content (AvgIpc) is 2.56. The molecular weight excluding hydrogens is 357 g/mol. The highest BCUT2D eigenvalue weighted by Gasteiger charge is 2.19. The molecule has 0 fully saturated rings. The van der Waals surface area contributed by atoms with E-state index in [1.54, 1.807) is 24.3 Å². The van der Waals surface area contributed by atoms with Crippen LogP contribution < -0.4 is 5.32 Å². The Morgan fingerprint density at radius 2 is 1.76 bits per heavy atom. The molecule has 0 spiro atoms. The topological polar surface area (TPSA) is 49.4 Å². The molecule has 2 rings (SSSR count). The van der Waals surface area contributed by atoms with Crippen LogP contribution in [0.25, 0.3) is 0 Å². The second kappa shape index (κ2) is 8.02. The smallest absolute Gasteiger partial charge is 0.244 e. The van der Waals surface area contributed by atoms with Crippen LogP contribution in [0.15, 0.2) is 36.4 Å². The lowest BCUT2D eigenvalue weighted by Crippen LogP contribution is -2.36. The maximum absolute atomic E-state index is 13.6. The number of amides is 2. The minimum Gasteiger partial charge on any atom is -0.329 e. The van der Waals surface area contributed by atoms with Crippen molar-refractivity contribution in [3.05, 3.63) is 64.4 Å². The van der Waals surface area contributed by atoms with Gasteiger partial charge in [0.05, 0.1) is 5.69 Å². The lowest BCUT2D eigenvalue weighted by molar-refractivity contribution is -0.133. The van der Waals surface area contributed by atoms with Gasteiger partial charge in [-0.25, -0.2) is 13.2 Å².